The van der Waals surface area contributed by atoms with Crippen LogP contribution in [0, 0.1) is 6.92 Å². The number of nitrogens with one attached hydrogen (secondary N) is 1. The van der Waals surface area contributed by atoms with Gasteiger partial charge in [0.1, 0.15) is 5.15 Å². The molecule has 27 heavy (non-hydrogen) atoms. The zero-order valence-corrected chi connectivity index (χ0v) is 17.1. The van der Waals surface area contributed by atoms with Crippen molar-refractivity contribution in [3.8, 4) is 0 Å². The Balaban J connectivity index is 1.68. The van der Waals surface area contributed by atoms with Gasteiger partial charge in [0.25, 0.3) is 5.91 Å². The maximum atomic E-state index is 12.8. The van der Waals surface area contributed by atoms with Crippen LogP contribution in [0.3, 0.4) is 0 Å². The van der Waals surface area contributed by atoms with E-state index in [-0.39, 0.29) is 11.9 Å². The number of amides is 1. The second kappa shape index (κ2) is 9.06. The lowest BCUT2D eigenvalue weighted by Gasteiger charge is -2.29. The molecular formula is C19H24Cl2N4O2. The zero-order valence-electron chi connectivity index (χ0n) is 15.5. The van der Waals surface area contributed by atoms with E-state index in [1.807, 2.05) is 31.2 Å². The van der Waals surface area contributed by atoms with E-state index in [1.165, 1.54) is 0 Å². The number of nitrogens with zero attached hydrogens (tertiary/aromatic N) is 3. The fraction of sp³-hybridized carbons (Fsp3) is 0.474. The average Bonchev–Trinajstić information content (AvgIpc) is 2.91. The van der Waals surface area contributed by atoms with Gasteiger partial charge in [0.2, 0.25) is 0 Å². The lowest BCUT2D eigenvalue weighted by molar-refractivity contribution is 0.0342. The molecular weight excluding hydrogens is 387 g/mol. The molecule has 0 saturated carbocycles. The molecule has 3 rings (SSSR count). The summed E-state index contributed by atoms with van der Waals surface area (Å²) in [5.74, 6) is -0.205. The van der Waals surface area contributed by atoms with E-state index in [0.717, 1.165) is 38.4 Å². The van der Waals surface area contributed by atoms with Gasteiger partial charge in [0.05, 0.1) is 31.0 Å². The third-order valence-electron chi connectivity index (χ3n) is 4.58. The summed E-state index contributed by atoms with van der Waals surface area (Å²) in [4.78, 5) is 15.0. The predicted octanol–water partition coefficient (Wildman–Crippen LogP) is 3.00. The van der Waals surface area contributed by atoms with Gasteiger partial charge in [0, 0.05) is 30.7 Å². The summed E-state index contributed by atoms with van der Waals surface area (Å²) in [7, 11) is 0. The SMILES string of the molecule is Cc1nn(Cc2ccccc2Cl)c(Cl)c1C(=O)NC(C)CN1CCOCC1. The first-order chi connectivity index (χ1) is 13.0. The quantitative estimate of drug-likeness (QED) is 0.794. The topological polar surface area (TPSA) is 59.4 Å². The van der Waals surface area contributed by atoms with Crippen molar-refractivity contribution in [1.29, 1.82) is 0 Å². The van der Waals surface area contributed by atoms with Crippen LogP contribution >= 0.6 is 23.2 Å². The Labute approximate surface area is 169 Å². The summed E-state index contributed by atoms with van der Waals surface area (Å²) < 4.78 is 6.97. The maximum absolute atomic E-state index is 12.8. The molecule has 146 valence electrons. The second-order valence-electron chi connectivity index (χ2n) is 6.79. The minimum Gasteiger partial charge on any atom is -0.379 e. The van der Waals surface area contributed by atoms with Gasteiger partial charge >= 0.3 is 0 Å². The highest BCUT2D eigenvalue weighted by atomic mass is 35.5. The number of carbonyl (C=O) groups excluding carboxylic acids is 1. The number of aromatic nitrogens is 2. The smallest absolute Gasteiger partial charge is 0.256 e. The third-order valence-corrected chi connectivity index (χ3v) is 5.34. The minimum atomic E-state index is -0.205. The molecule has 1 amide bonds. The van der Waals surface area contributed by atoms with Crippen LogP contribution in [0.5, 0.6) is 0 Å². The molecule has 0 spiro atoms. The summed E-state index contributed by atoms with van der Waals surface area (Å²) in [5, 5.41) is 8.43. The number of halogens is 2. The van der Waals surface area contributed by atoms with Crippen LogP contribution in [0.25, 0.3) is 0 Å². The molecule has 1 unspecified atom stereocenters. The summed E-state index contributed by atoms with van der Waals surface area (Å²) in [6.45, 7) is 8.21. The van der Waals surface area contributed by atoms with Gasteiger partial charge in [-0.3, -0.25) is 9.69 Å². The Hall–Kier alpha value is -1.60. The minimum absolute atomic E-state index is 0.00187. The van der Waals surface area contributed by atoms with E-state index in [1.54, 1.807) is 11.6 Å². The van der Waals surface area contributed by atoms with Crippen LogP contribution in [-0.2, 0) is 11.3 Å². The van der Waals surface area contributed by atoms with Gasteiger partial charge in [-0.25, -0.2) is 4.68 Å². The molecule has 1 aliphatic rings. The average molecular weight is 411 g/mol. The number of ether oxygens (including phenoxy) is 1. The molecule has 2 heterocycles. The first kappa shape index (κ1) is 20.1. The molecule has 1 saturated heterocycles. The second-order valence-corrected chi connectivity index (χ2v) is 7.55. The van der Waals surface area contributed by atoms with E-state index in [9.17, 15) is 4.79 Å². The van der Waals surface area contributed by atoms with Crippen molar-refractivity contribution in [3.05, 3.63) is 51.3 Å². The molecule has 1 aromatic carbocycles. The first-order valence-electron chi connectivity index (χ1n) is 9.03. The van der Waals surface area contributed by atoms with Gasteiger partial charge in [-0.1, -0.05) is 41.4 Å². The third kappa shape index (κ3) is 5.02. The number of hydrogen-bond donors (Lipinski definition) is 1. The van der Waals surface area contributed by atoms with E-state index in [4.69, 9.17) is 27.9 Å². The molecule has 0 radical (unpaired) electrons. The van der Waals surface area contributed by atoms with Crippen molar-refractivity contribution in [3.63, 3.8) is 0 Å². The lowest BCUT2D eigenvalue weighted by atomic mass is 10.2. The standard InChI is InChI=1S/C19H24Cl2N4O2/c1-13(11-24-7-9-27-10-8-24)22-19(26)17-14(2)23-25(18(17)21)12-15-5-3-4-6-16(15)20/h3-6,13H,7-12H2,1-2H3,(H,22,26). The lowest BCUT2D eigenvalue weighted by Crippen LogP contribution is -2.46. The monoisotopic (exact) mass is 410 g/mol. The largest absolute Gasteiger partial charge is 0.379 e. The Morgan fingerprint density at radius 3 is 2.70 bits per heavy atom. The van der Waals surface area contributed by atoms with Crippen molar-refractivity contribution in [2.75, 3.05) is 32.8 Å². The van der Waals surface area contributed by atoms with Gasteiger partial charge in [-0.2, -0.15) is 5.10 Å². The number of morpholine rings is 1. The van der Waals surface area contributed by atoms with Crippen LogP contribution in [0.1, 0.15) is 28.5 Å². The number of carbonyl (C=O) groups is 1. The summed E-state index contributed by atoms with van der Waals surface area (Å²) in [6, 6.07) is 7.52. The van der Waals surface area contributed by atoms with Crippen LogP contribution in [0.4, 0.5) is 0 Å². The van der Waals surface area contributed by atoms with Gasteiger partial charge in [-0.15, -0.1) is 0 Å². The molecule has 0 aliphatic carbocycles. The normalized spacial score (nSPS) is 16.3. The molecule has 1 aliphatic heterocycles. The Kier molecular flexibility index (Phi) is 6.76. The molecule has 2 aromatic rings. The maximum Gasteiger partial charge on any atom is 0.256 e. The van der Waals surface area contributed by atoms with E-state index in [2.05, 4.69) is 15.3 Å². The van der Waals surface area contributed by atoms with E-state index in [0.29, 0.717) is 28.0 Å². The van der Waals surface area contributed by atoms with Crippen LogP contribution < -0.4 is 5.32 Å². The van der Waals surface area contributed by atoms with Crippen molar-refractivity contribution >= 4 is 29.1 Å². The van der Waals surface area contributed by atoms with Crippen molar-refractivity contribution in [2.45, 2.75) is 26.4 Å². The van der Waals surface area contributed by atoms with Crippen LogP contribution in [0.2, 0.25) is 10.2 Å². The van der Waals surface area contributed by atoms with Crippen LogP contribution in [-0.4, -0.2) is 59.5 Å². The van der Waals surface area contributed by atoms with E-state index >= 15 is 0 Å². The molecule has 1 N–H and O–H groups in total. The first-order valence-corrected chi connectivity index (χ1v) is 9.78. The fourth-order valence-corrected chi connectivity index (χ4v) is 3.73. The number of rotatable bonds is 6. The molecule has 1 atom stereocenters. The predicted molar refractivity (Wildman–Crippen MR) is 107 cm³/mol. The van der Waals surface area contributed by atoms with Gasteiger partial charge in [0.15, 0.2) is 0 Å². The Bertz CT molecular complexity index is 803. The van der Waals surface area contributed by atoms with Crippen molar-refractivity contribution < 1.29 is 9.53 Å². The molecule has 8 heteroatoms. The molecule has 0 bridgehead atoms. The zero-order chi connectivity index (χ0) is 19.4. The summed E-state index contributed by atoms with van der Waals surface area (Å²) in [6.07, 6.45) is 0. The summed E-state index contributed by atoms with van der Waals surface area (Å²) >= 11 is 12.7. The Morgan fingerprint density at radius 1 is 1.30 bits per heavy atom. The fourth-order valence-electron chi connectivity index (χ4n) is 3.22. The Morgan fingerprint density at radius 2 is 2.00 bits per heavy atom. The highest BCUT2D eigenvalue weighted by Gasteiger charge is 2.23. The number of benzene rings is 1. The highest BCUT2D eigenvalue weighted by Crippen LogP contribution is 2.23. The van der Waals surface area contributed by atoms with E-state index < -0.39 is 0 Å². The summed E-state index contributed by atoms with van der Waals surface area (Å²) in [5.41, 5.74) is 1.91. The molecule has 1 aromatic heterocycles. The molecule has 1 fully saturated rings. The van der Waals surface area contributed by atoms with Crippen molar-refractivity contribution in [2.24, 2.45) is 0 Å². The highest BCUT2D eigenvalue weighted by molar-refractivity contribution is 6.33. The van der Waals surface area contributed by atoms with Gasteiger partial charge < -0.3 is 10.1 Å². The number of aryl methyl sites for hydroxylation is 1. The number of hydrogen-bond acceptors (Lipinski definition) is 4. The van der Waals surface area contributed by atoms with Crippen molar-refractivity contribution in [1.82, 2.24) is 20.0 Å². The van der Waals surface area contributed by atoms with Crippen LogP contribution in [0.15, 0.2) is 24.3 Å². The molecule has 6 nitrogen and oxygen atoms in total. The van der Waals surface area contributed by atoms with Gasteiger partial charge in [-0.05, 0) is 25.5 Å².